The molecular weight excluding hydrogens is 404 g/mol. The predicted octanol–water partition coefficient (Wildman–Crippen LogP) is 2.38. The third-order valence-corrected chi connectivity index (χ3v) is 3.73. The van der Waals surface area contributed by atoms with E-state index in [1.54, 1.807) is 0 Å². The molecule has 29 heavy (non-hydrogen) atoms. The van der Waals surface area contributed by atoms with Crippen molar-refractivity contribution >= 4 is 17.3 Å². The lowest BCUT2D eigenvalue weighted by molar-refractivity contribution is -0.386. The molecule has 0 aliphatic carbocycles. The summed E-state index contributed by atoms with van der Waals surface area (Å²) in [5.74, 6) is -7.89. The smallest absolute Gasteiger partial charge is 0.362 e. The molecule has 1 amide bonds. The Balaban J connectivity index is 1.80. The van der Waals surface area contributed by atoms with Crippen LogP contribution in [0, 0.1) is 33.4 Å². The first-order valence-corrected chi connectivity index (χ1v) is 7.65. The van der Waals surface area contributed by atoms with Gasteiger partial charge in [0.1, 0.15) is 5.82 Å². The van der Waals surface area contributed by atoms with Crippen LogP contribution in [0.1, 0.15) is 16.1 Å². The zero-order valence-corrected chi connectivity index (χ0v) is 14.4. The molecule has 0 saturated carbocycles. The molecule has 1 aromatic carbocycles. The Labute approximate surface area is 158 Å². The molecule has 0 aliphatic rings. The SMILES string of the molecule is COc1n[nH]c(C(=O)Nc2cnn(Cc3c(F)cc(F)c(F)c3F)c2)c1[N+](=O)[O-]. The van der Waals surface area contributed by atoms with Gasteiger partial charge in [-0.05, 0) is 0 Å². The van der Waals surface area contributed by atoms with Gasteiger partial charge >= 0.3 is 11.6 Å². The summed E-state index contributed by atoms with van der Waals surface area (Å²) >= 11 is 0. The first kappa shape index (κ1) is 19.8. The molecule has 3 aromatic rings. The van der Waals surface area contributed by atoms with E-state index in [0.717, 1.165) is 24.2 Å². The summed E-state index contributed by atoms with van der Waals surface area (Å²) in [6, 6.07) is 0.199. The summed E-state index contributed by atoms with van der Waals surface area (Å²) in [7, 11) is 1.13. The van der Waals surface area contributed by atoms with Gasteiger partial charge in [0, 0.05) is 17.8 Å². The molecular formula is C15H10F4N6O4. The highest BCUT2D eigenvalue weighted by atomic mass is 19.2. The molecule has 152 valence electrons. The molecule has 0 aliphatic heterocycles. The molecule has 0 saturated heterocycles. The lowest BCUT2D eigenvalue weighted by Crippen LogP contribution is -2.14. The van der Waals surface area contributed by atoms with Crippen LogP contribution < -0.4 is 10.1 Å². The maximum absolute atomic E-state index is 13.8. The van der Waals surface area contributed by atoms with Crippen molar-refractivity contribution in [3.8, 4) is 5.88 Å². The molecule has 0 bridgehead atoms. The topological polar surface area (TPSA) is 128 Å². The number of methoxy groups -OCH3 is 1. The minimum absolute atomic E-state index is 0.00117. The van der Waals surface area contributed by atoms with E-state index in [2.05, 4.69) is 25.3 Å². The molecule has 0 atom stereocenters. The minimum atomic E-state index is -1.83. The number of nitrogens with one attached hydrogen (secondary N) is 2. The minimum Gasteiger partial charge on any atom is -0.475 e. The van der Waals surface area contributed by atoms with Gasteiger partial charge in [0.25, 0.3) is 5.91 Å². The molecule has 0 radical (unpaired) electrons. The average Bonchev–Trinajstić information content (AvgIpc) is 3.30. The number of anilines is 1. The number of amides is 1. The Kier molecular flexibility index (Phi) is 5.16. The van der Waals surface area contributed by atoms with Crippen molar-refractivity contribution in [2.24, 2.45) is 0 Å². The number of carbonyl (C=O) groups is 1. The quantitative estimate of drug-likeness (QED) is 0.210. The highest BCUT2D eigenvalue weighted by Gasteiger charge is 2.30. The summed E-state index contributed by atoms with van der Waals surface area (Å²) in [5.41, 5.74) is -1.97. The molecule has 10 nitrogen and oxygen atoms in total. The van der Waals surface area contributed by atoms with E-state index in [1.807, 2.05) is 0 Å². The van der Waals surface area contributed by atoms with Gasteiger partial charge in [-0.2, -0.15) is 5.10 Å². The summed E-state index contributed by atoms with van der Waals surface area (Å²) in [5, 5.41) is 22.8. The second-order valence-corrected chi connectivity index (χ2v) is 5.54. The van der Waals surface area contributed by atoms with E-state index < -0.39 is 63.5 Å². The van der Waals surface area contributed by atoms with Crippen LogP contribution in [0.15, 0.2) is 18.5 Å². The van der Waals surface area contributed by atoms with Crippen LogP contribution >= 0.6 is 0 Å². The van der Waals surface area contributed by atoms with E-state index in [1.165, 1.54) is 0 Å². The van der Waals surface area contributed by atoms with Crippen LogP contribution in [0.25, 0.3) is 0 Å². The fourth-order valence-corrected chi connectivity index (χ4v) is 2.41. The second-order valence-electron chi connectivity index (χ2n) is 5.54. The van der Waals surface area contributed by atoms with Gasteiger partial charge in [-0.15, -0.1) is 5.10 Å². The Morgan fingerprint density at radius 3 is 2.69 bits per heavy atom. The van der Waals surface area contributed by atoms with Gasteiger partial charge in [-0.1, -0.05) is 0 Å². The first-order valence-electron chi connectivity index (χ1n) is 7.65. The second kappa shape index (κ2) is 7.57. The molecule has 0 fully saturated rings. The monoisotopic (exact) mass is 414 g/mol. The number of ether oxygens (including phenoxy) is 1. The van der Waals surface area contributed by atoms with Crippen LogP contribution in [0.4, 0.5) is 28.9 Å². The summed E-state index contributed by atoms with van der Waals surface area (Å²) in [6.45, 7) is -0.608. The predicted molar refractivity (Wildman–Crippen MR) is 87.4 cm³/mol. The third kappa shape index (κ3) is 3.71. The van der Waals surface area contributed by atoms with Crippen molar-refractivity contribution in [1.82, 2.24) is 20.0 Å². The van der Waals surface area contributed by atoms with Gasteiger partial charge < -0.3 is 10.1 Å². The zero-order valence-electron chi connectivity index (χ0n) is 14.4. The third-order valence-electron chi connectivity index (χ3n) is 3.73. The van der Waals surface area contributed by atoms with Crippen molar-refractivity contribution in [2.75, 3.05) is 12.4 Å². The molecule has 3 rings (SSSR count). The van der Waals surface area contributed by atoms with Crippen molar-refractivity contribution in [1.29, 1.82) is 0 Å². The van der Waals surface area contributed by atoms with Gasteiger partial charge in [0.15, 0.2) is 17.5 Å². The van der Waals surface area contributed by atoms with Crippen molar-refractivity contribution < 1.29 is 32.0 Å². The number of benzene rings is 1. The number of hydrogen-bond donors (Lipinski definition) is 2. The van der Waals surface area contributed by atoms with E-state index in [4.69, 9.17) is 0 Å². The van der Waals surface area contributed by atoms with Crippen molar-refractivity contribution in [2.45, 2.75) is 6.54 Å². The summed E-state index contributed by atoms with van der Waals surface area (Å²) in [4.78, 5) is 22.5. The Morgan fingerprint density at radius 1 is 1.31 bits per heavy atom. The van der Waals surface area contributed by atoms with Gasteiger partial charge in [-0.3, -0.25) is 24.7 Å². The summed E-state index contributed by atoms with van der Waals surface area (Å²) in [6.07, 6.45) is 2.20. The van der Waals surface area contributed by atoms with Crippen molar-refractivity contribution in [3.05, 3.63) is 63.1 Å². The molecule has 2 N–H and O–H groups in total. The molecule has 0 unspecified atom stereocenters. The lowest BCUT2D eigenvalue weighted by atomic mass is 10.2. The van der Waals surface area contributed by atoms with Crippen molar-refractivity contribution in [3.63, 3.8) is 0 Å². The molecule has 14 heteroatoms. The van der Waals surface area contributed by atoms with E-state index in [9.17, 15) is 32.5 Å². The van der Waals surface area contributed by atoms with Crippen LogP contribution in [-0.4, -0.2) is 37.9 Å². The molecule has 2 aromatic heterocycles. The number of H-pyrrole nitrogens is 1. The number of hydrogen-bond acceptors (Lipinski definition) is 6. The standard InChI is InChI=1S/C15H10F4N6O4/c1-29-15-13(25(27)28)12(22-23-15)14(26)21-6-3-20-24(4-6)5-7-8(16)2-9(17)11(19)10(7)18/h2-4H,5H2,1H3,(H,21,26)(H,22,23). The van der Waals surface area contributed by atoms with Gasteiger partial charge in [-0.25, -0.2) is 17.6 Å². The van der Waals surface area contributed by atoms with E-state index >= 15 is 0 Å². The normalized spacial score (nSPS) is 10.8. The number of carbonyl (C=O) groups excluding carboxylic acids is 1. The first-order chi connectivity index (χ1) is 13.7. The fourth-order valence-electron chi connectivity index (χ4n) is 2.41. The Bertz CT molecular complexity index is 1110. The fraction of sp³-hybridized carbons (Fsp3) is 0.133. The van der Waals surface area contributed by atoms with Gasteiger partial charge in [0.2, 0.25) is 5.69 Å². The number of nitro groups is 1. The number of nitrogens with zero attached hydrogens (tertiary/aromatic N) is 4. The highest BCUT2D eigenvalue weighted by molar-refractivity contribution is 6.06. The Morgan fingerprint density at radius 2 is 2.03 bits per heavy atom. The van der Waals surface area contributed by atoms with Crippen LogP contribution in [-0.2, 0) is 6.54 Å². The molecule has 2 heterocycles. The number of aromatic nitrogens is 4. The van der Waals surface area contributed by atoms with E-state index in [0.29, 0.717) is 0 Å². The average molecular weight is 414 g/mol. The van der Waals surface area contributed by atoms with E-state index in [-0.39, 0.29) is 11.8 Å². The highest BCUT2D eigenvalue weighted by Crippen LogP contribution is 2.28. The number of aromatic amines is 1. The Hall–Kier alpha value is -3.97. The maximum atomic E-state index is 13.8. The van der Waals surface area contributed by atoms with Crippen LogP contribution in [0.2, 0.25) is 0 Å². The lowest BCUT2D eigenvalue weighted by Gasteiger charge is -2.06. The number of halogens is 4. The van der Waals surface area contributed by atoms with Gasteiger partial charge in [0.05, 0.1) is 30.5 Å². The largest absolute Gasteiger partial charge is 0.475 e. The zero-order chi connectivity index (χ0) is 21.3. The number of rotatable bonds is 6. The van der Waals surface area contributed by atoms with Crippen LogP contribution in [0.3, 0.4) is 0 Å². The maximum Gasteiger partial charge on any atom is 0.362 e. The van der Waals surface area contributed by atoms with Crippen LogP contribution in [0.5, 0.6) is 5.88 Å². The summed E-state index contributed by atoms with van der Waals surface area (Å²) < 4.78 is 59.4. The molecule has 0 spiro atoms.